The average Bonchev–Trinajstić information content (AvgIpc) is 2.77. The van der Waals surface area contributed by atoms with E-state index >= 15 is 0 Å². The predicted octanol–water partition coefficient (Wildman–Crippen LogP) is 3.41. The highest BCUT2D eigenvalue weighted by atomic mass is 79.9. The zero-order valence-corrected chi connectivity index (χ0v) is 12.8. The van der Waals surface area contributed by atoms with Crippen LogP contribution < -0.4 is 5.73 Å². The third kappa shape index (κ3) is 3.16. The van der Waals surface area contributed by atoms with Gasteiger partial charge in [-0.05, 0) is 65.8 Å². The number of likely N-dealkylation sites (tertiary alicyclic amines) is 1. The molecule has 1 aliphatic heterocycles. The quantitative estimate of drug-likeness (QED) is 0.926. The van der Waals surface area contributed by atoms with Crippen LogP contribution in [0.1, 0.15) is 38.5 Å². The van der Waals surface area contributed by atoms with Gasteiger partial charge in [0.25, 0.3) is 0 Å². The summed E-state index contributed by atoms with van der Waals surface area (Å²) in [6.45, 7) is 7.52. The van der Waals surface area contributed by atoms with Gasteiger partial charge in [0.05, 0.1) is 6.04 Å². The van der Waals surface area contributed by atoms with E-state index in [1.807, 2.05) is 12.1 Å². The number of hydrogen-bond acceptors (Lipinski definition) is 3. The lowest BCUT2D eigenvalue weighted by atomic mass is 9.86. The van der Waals surface area contributed by atoms with E-state index in [2.05, 4.69) is 34.7 Å². The molecule has 4 heteroatoms. The van der Waals surface area contributed by atoms with E-state index in [9.17, 15) is 0 Å². The van der Waals surface area contributed by atoms with Crippen LogP contribution in [0.5, 0.6) is 0 Å². The van der Waals surface area contributed by atoms with Crippen LogP contribution in [0.3, 0.4) is 0 Å². The fourth-order valence-corrected chi connectivity index (χ4v) is 3.17. The van der Waals surface area contributed by atoms with Gasteiger partial charge in [0, 0.05) is 6.54 Å². The molecule has 1 aromatic heterocycles. The summed E-state index contributed by atoms with van der Waals surface area (Å²) in [6, 6.07) is 4.19. The maximum Gasteiger partial charge on any atom is 0.169 e. The van der Waals surface area contributed by atoms with Crippen LogP contribution in [0, 0.1) is 11.8 Å². The van der Waals surface area contributed by atoms with E-state index in [1.54, 1.807) is 0 Å². The van der Waals surface area contributed by atoms with Crippen LogP contribution in [0.4, 0.5) is 0 Å². The highest BCUT2D eigenvalue weighted by molar-refractivity contribution is 9.10. The van der Waals surface area contributed by atoms with Gasteiger partial charge < -0.3 is 10.2 Å². The number of nitrogens with two attached hydrogens (primary N) is 1. The summed E-state index contributed by atoms with van der Waals surface area (Å²) >= 11 is 3.36. The van der Waals surface area contributed by atoms with Gasteiger partial charge in [-0.3, -0.25) is 4.90 Å². The topological polar surface area (TPSA) is 42.4 Å². The Balaban J connectivity index is 1.98. The third-order valence-corrected chi connectivity index (χ3v) is 4.53. The molecule has 1 aliphatic rings. The van der Waals surface area contributed by atoms with E-state index in [-0.39, 0.29) is 6.04 Å². The van der Waals surface area contributed by atoms with Crippen LogP contribution in [0.15, 0.2) is 21.2 Å². The van der Waals surface area contributed by atoms with Crippen molar-refractivity contribution in [3.8, 4) is 0 Å². The minimum atomic E-state index is 0.226. The summed E-state index contributed by atoms with van der Waals surface area (Å²) in [5, 5.41) is 0. The molecule has 18 heavy (non-hydrogen) atoms. The molecule has 3 nitrogen and oxygen atoms in total. The van der Waals surface area contributed by atoms with E-state index < -0.39 is 0 Å². The maximum absolute atomic E-state index is 5.92. The van der Waals surface area contributed by atoms with Gasteiger partial charge in [-0.2, -0.15) is 0 Å². The summed E-state index contributed by atoms with van der Waals surface area (Å²) in [4.78, 5) is 2.46. The minimum absolute atomic E-state index is 0.226. The SMILES string of the molecule is CC(C)C1CCN(C(CN)c2ccc(Br)o2)CC1. The molecular formula is C14H23BrN2O. The molecule has 2 heterocycles. The lowest BCUT2D eigenvalue weighted by molar-refractivity contribution is 0.106. The van der Waals surface area contributed by atoms with E-state index in [1.165, 1.54) is 12.8 Å². The number of piperidine rings is 1. The van der Waals surface area contributed by atoms with Crippen molar-refractivity contribution in [2.24, 2.45) is 17.6 Å². The predicted molar refractivity (Wildman–Crippen MR) is 77.3 cm³/mol. The number of rotatable bonds is 4. The van der Waals surface area contributed by atoms with Gasteiger partial charge in [-0.25, -0.2) is 0 Å². The van der Waals surface area contributed by atoms with Crippen molar-refractivity contribution in [1.29, 1.82) is 0 Å². The molecule has 1 atom stereocenters. The molecule has 2 N–H and O–H groups in total. The Kier molecular flexibility index (Phi) is 4.87. The Morgan fingerprint density at radius 3 is 2.50 bits per heavy atom. The van der Waals surface area contributed by atoms with Gasteiger partial charge in [0.2, 0.25) is 0 Å². The third-order valence-electron chi connectivity index (χ3n) is 4.10. The molecule has 1 fully saturated rings. The van der Waals surface area contributed by atoms with Gasteiger partial charge in [0.1, 0.15) is 5.76 Å². The second kappa shape index (κ2) is 6.22. The van der Waals surface area contributed by atoms with Crippen LogP contribution >= 0.6 is 15.9 Å². The van der Waals surface area contributed by atoms with Crippen LogP contribution in [0.25, 0.3) is 0 Å². The molecule has 0 radical (unpaired) electrons. The fourth-order valence-electron chi connectivity index (χ4n) is 2.85. The van der Waals surface area contributed by atoms with Crippen LogP contribution in [0.2, 0.25) is 0 Å². The van der Waals surface area contributed by atoms with Crippen LogP contribution in [-0.2, 0) is 0 Å². The Bertz CT molecular complexity index is 370. The molecule has 102 valence electrons. The Morgan fingerprint density at radius 2 is 2.06 bits per heavy atom. The molecule has 0 amide bonds. The van der Waals surface area contributed by atoms with Gasteiger partial charge in [0.15, 0.2) is 4.67 Å². The number of furan rings is 1. The smallest absolute Gasteiger partial charge is 0.169 e. The van der Waals surface area contributed by atoms with E-state index in [0.29, 0.717) is 6.54 Å². The van der Waals surface area contributed by atoms with E-state index in [4.69, 9.17) is 10.2 Å². The molecule has 1 saturated heterocycles. The van der Waals surface area contributed by atoms with Crippen molar-refractivity contribution in [3.63, 3.8) is 0 Å². The highest BCUT2D eigenvalue weighted by Gasteiger charge is 2.28. The summed E-state index contributed by atoms with van der Waals surface area (Å²) in [5.41, 5.74) is 5.92. The Labute approximate surface area is 118 Å². The monoisotopic (exact) mass is 314 g/mol. The minimum Gasteiger partial charge on any atom is -0.453 e. The molecule has 0 aromatic carbocycles. The fraction of sp³-hybridized carbons (Fsp3) is 0.714. The lowest BCUT2D eigenvalue weighted by Gasteiger charge is -2.37. The lowest BCUT2D eigenvalue weighted by Crippen LogP contribution is -2.40. The van der Waals surface area contributed by atoms with Crippen molar-refractivity contribution in [2.45, 2.75) is 32.7 Å². The maximum atomic E-state index is 5.92. The first-order valence-corrected chi connectivity index (χ1v) is 7.60. The molecule has 1 aromatic rings. The first-order valence-electron chi connectivity index (χ1n) is 6.81. The first kappa shape index (κ1) is 14.1. The van der Waals surface area contributed by atoms with Crippen molar-refractivity contribution < 1.29 is 4.42 Å². The molecule has 0 bridgehead atoms. The molecule has 0 spiro atoms. The summed E-state index contributed by atoms with van der Waals surface area (Å²) in [5.74, 6) is 2.64. The normalized spacial score (nSPS) is 20.5. The average molecular weight is 315 g/mol. The van der Waals surface area contributed by atoms with Crippen molar-refractivity contribution >= 4 is 15.9 Å². The van der Waals surface area contributed by atoms with Crippen molar-refractivity contribution in [2.75, 3.05) is 19.6 Å². The summed E-state index contributed by atoms with van der Waals surface area (Å²) in [7, 11) is 0. The Hall–Kier alpha value is -0.320. The molecule has 2 rings (SSSR count). The first-order chi connectivity index (χ1) is 8.61. The van der Waals surface area contributed by atoms with Gasteiger partial charge in [-0.1, -0.05) is 13.8 Å². The molecular weight excluding hydrogens is 292 g/mol. The Morgan fingerprint density at radius 1 is 1.39 bits per heavy atom. The molecule has 0 aliphatic carbocycles. The van der Waals surface area contributed by atoms with E-state index in [0.717, 1.165) is 35.4 Å². The summed E-state index contributed by atoms with van der Waals surface area (Å²) in [6.07, 6.45) is 2.55. The van der Waals surface area contributed by atoms with Crippen molar-refractivity contribution in [1.82, 2.24) is 4.90 Å². The number of nitrogens with zero attached hydrogens (tertiary/aromatic N) is 1. The van der Waals surface area contributed by atoms with Crippen LogP contribution in [-0.4, -0.2) is 24.5 Å². The van der Waals surface area contributed by atoms with Gasteiger partial charge in [-0.15, -0.1) is 0 Å². The van der Waals surface area contributed by atoms with Crippen molar-refractivity contribution in [3.05, 3.63) is 22.6 Å². The molecule has 1 unspecified atom stereocenters. The highest BCUT2D eigenvalue weighted by Crippen LogP contribution is 2.31. The standard InChI is InChI=1S/C14H23BrN2O/c1-10(2)11-5-7-17(8-6-11)12(9-16)13-3-4-14(15)18-13/h3-4,10-12H,5-9,16H2,1-2H3. The second-order valence-electron chi connectivity index (χ2n) is 5.51. The molecule has 0 saturated carbocycles. The zero-order chi connectivity index (χ0) is 13.1. The number of hydrogen-bond donors (Lipinski definition) is 1. The second-order valence-corrected chi connectivity index (χ2v) is 6.29. The summed E-state index contributed by atoms with van der Waals surface area (Å²) < 4.78 is 6.44. The number of halogens is 1. The largest absolute Gasteiger partial charge is 0.453 e. The van der Waals surface area contributed by atoms with Gasteiger partial charge >= 0.3 is 0 Å². The zero-order valence-electron chi connectivity index (χ0n) is 11.2.